The number of nitrogens with zero attached hydrogens (tertiary/aromatic N) is 3. The fraction of sp³-hybridized carbons (Fsp3) is 0.438. The van der Waals surface area contributed by atoms with Crippen LogP contribution in [0.1, 0.15) is 17.2 Å². The predicted octanol–water partition coefficient (Wildman–Crippen LogP) is 3.15. The van der Waals surface area contributed by atoms with Crippen molar-refractivity contribution in [3.8, 4) is 0 Å². The molecule has 1 aliphatic rings. The first kappa shape index (κ1) is 19.7. The Morgan fingerprint density at radius 2 is 2.08 bits per heavy atom. The van der Waals surface area contributed by atoms with Crippen molar-refractivity contribution in [2.24, 2.45) is 0 Å². The van der Waals surface area contributed by atoms with E-state index in [4.69, 9.17) is 0 Å². The zero-order valence-corrected chi connectivity index (χ0v) is 14.2. The molecule has 25 heavy (non-hydrogen) atoms. The summed E-state index contributed by atoms with van der Waals surface area (Å²) in [4.78, 5) is 2.13. The summed E-state index contributed by atoms with van der Waals surface area (Å²) in [5, 5.41) is 7.04. The van der Waals surface area contributed by atoms with Gasteiger partial charge in [-0.3, -0.25) is 9.58 Å². The second kappa shape index (κ2) is 8.16. The lowest BCUT2D eigenvalue weighted by Gasteiger charge is -2.36. The molecule has 1 saturated heterocycles. The number of hydrogen-bond donors (Lipinski definition) is 1. The van der Waals surface area contributed by atoms with Crippen LogP contribution in [-0.2, 0) is 13.1 Å². The number of benzene rings is 1. The van der Waals surface area contributed by atoms with E-state index in [1.165, 1.54) is 24.5 Å². The molecule has 0 aliphatic carbocycles. The van der Waals surface area contributed by atoms with Crippen LogP contribution in [0.4, 0.5) is 17.6 Å². The monoisotopic (exact) mass is 378 g/mol. The van der Waals surface area contributed by atoms with Crippen molar-refractivity contribution >= 4 is 12.4 Å². The van der Waals surface area contributed by atoms with Crippen LogP contribution >= 0.6 is 12.4 Å². The summed E-state index contributed by atoms with van der Waals surface area (Å²) in [6.45, 7) is 1.55. The zero-order valence-electron chi connectivity index (χ0n) is 13.3. The van der Waals surface area contributed by atoms with Crippen LogP contribution in [0.25, 0.3) is 0 Å². The molecule has 0 spiro atoms. The molecule has 1 fully saturated rings. The van der Waals surface area contributed by atoms with Gasteiger partial charge >= 0.3 is 6.18 Å². The van der Waals surface area contributed by atoms with Crippen molar-refractivity contribution < 1.29 is 17.6 Å². The molecular weight excluding hydrogens is 360 g/mol. The molecule has 0 bridgehead atoms. The highest BCUT2D eigenvalue weighted by molar-refractivity contribution is 5.85. The molecule has 0 radical (unpaired) electrons. The number of hydrogen-bond acceptors (Lipinski definition) is 3. The summed E-state index contributed by atoms with van der Waals surface area (Å²) in [6, 6.07) is 6.39. The molecule has 3 rings (SSSR count). The van der Waals surface area contributed by atoms with Gasteiger partial charge in [0.15, 0.2) is 0 Å². The van der Waals surface area contributed by atoms with Crippen molar-refractivity contribution in [2.45, 2.75) is 25.3 Å². The number of nitrogens with one attached hydrogen (secondary N) is 1. The minimum absolute atomic E-state index is 0. The number of rotatable bonds is 4. The van der Waals surface area contributed by atoms with Gasteiger partial charge in [-0.1, -0.05) is 12.1 Å². The fourth-order valence-corrected chi connectivity index (χ4v) is 2.97. The van der Waals surface area contributed by atoms with Gasteiger partial charge in [0.25, 0.3) is 0 Å². The Kier molecular flexibility index (Phi) is 6.42. The normalized spacial score (nSPS) is 18.8. The molecule has 0 saturated carbocycles. The molecule has 138 valence electrons. The highest BCUT2D eigenvalue weighted by Gasteiger charge is 2.29. The summed E-state index contributed by atoms with van der Waals surface area (Å²) >= 11 is 0. The topological polar surface area (TPSA) is 33.1 Å². The van der Waals surface area contributed by atoms with Crippen LogP contribution in [0.2, 0.25) is 0 Å². The quantitative estimate of drug-likeness (QED) is 0.830. The molecule has 1 aromatic heterocycles. The zero-order chi connectivity index (χ0) is 17.2. The first-order chi connectivity index (χ1) is 11.4. The number of halogens is 5. The van der Waals surface area contributed by atoms with Crippen molar-refractivity contribution in [1.29, 1.82) is 0 Å². The highest BCUT2D eigenvalue weighted by atomic mass is 35.5. The minimum atomic E-state index is -4.29. The lowest BCUT2D eigenvalue weighted by Crippen LogP contribution is -2.45. The van der Waals surface area contributed by atoms with Crippen LogP contribution in [-0.4, -0.2) is 40.5 Å². The van der Waals surface area contributed by atoms with Crippen LogP contribution in [0, 0.1) is 5.82 Å². The third-order valence-electron chi connectivity index (χ3n) is 4.00. The van der Waals surface area contributed by atoms with Gasteiger partial charge < -0.3 is 5.32 Å². The molecule has 1 aliphatic heterocycles. The third kappa shape index (κ3) is 5.42. The van der Waals surface area contributed by atoms with Gasteiger partial charge in [0.05, 0.1) is 6.20 Å². The van der Waals surface area contributed by atoms with E-state index in [0.29, 0.717) is 18.7 Å². The highest BCUT2D eigenvalue weighted by Crippen LogP contribution is 2.25. The molecule has 9 heteroatoms. The summed E-state index contributed by atoms with van der Waals surface area (Å²) in [5.41, 5.74) is 1.56. The van der Waals surface area contributed by atoms with Crippen LogP contribution in [0.15, 0.2) is 36.7 Å². The van der Waals surface area contributed by atoms with Gasteiger partial charge in [0, 0.05) is 44.0 Å². The smallest absolute Gasteiger partial charge is 0.314 e. The summed E-state index contributed by atoms with van der Waals surface area (Å²) in [7, 11) is 0. The molecule has 1 unspecified atom stereocenters. The van der Waals surface area contributed by atoms with Gasteiger partial charge in [-0.25, -0.2) is 4.39 Å². The molecule has 1 N–H and O–H groups in total. The van der Waals surface area contributed by atoms with Gasteiger partial charge in [0.2, 0.25) is 0 Å². The average molecular weight is 379 g/mol. The van der Waals surface area contributed by atoms with E-state index in [9.17, 15) is 17.6 Å². The third-order valence-corrected chi connectivity index (χ3v) is 4.00. The number of piperazine rings is 1. The first-order valence-corrected chi connectivity index (χ1v) is 7.69. The van der Waals surface area contributed by atoms with Gasteiger partial charge in [-0.15, -0.1) is 12.4 Å². The lowest BCUT2D eigenvalue weighted by molar-refractivity contribution is -0.142. The van der Waals surface area contributed by atoms with E-state index in [2.05, 4.69) is 15.3 Å². The second-order valence-corrected chi connectivity index (χ2v) is 5.91. The van der Waals surface area contributed by atoms with E-state index >= 15 is 0 Å². The minimum Gasteiger partial charge on any atom is -0.314 e. The van der Waals surface area contributed by atoms with Crippen molar-refractivity contribution in [3.05, 3.63) is 53.6 Å². The van der Waals surface area contributed by atoms with E-state index < -0.39 is 12.7 Å². The van der Waals surface area contributed by atoms with Crippen LogP contribution in [0.3, 0.4) is 0 Å². The Labute approximate surface area is 149 Å². The van der Waals surface area contributed by atoms with Crippen molar-refractivity contribution in [3.63, 3.8) is 0 Å². The Hall–Kier alpha value is -1.64. The maximum absolute atomic E-state index is 13.5. The predicted molar refractivity (Wildman–Crippen MR) is 88.0 cm³/mol. The largest absolute Gasteiger partial charge is 0.408 e. The van der Waals surface area contributed by atoms with Crippen molar-refractivity contribution in [1.82, 2.24) is 20.0 Å². The molecule has 0 amide bonds. The molecule has 2 aromatic rings. The van der Waals surface area contributed by atoms with E-state index in [1.807, 2.05) is 6.07 Å². The molecule has 1 aromatic carbocycles. The molecule has 2 heterocycles. The van der Waals surface area contributed by atoms with Crippen LogP contribution in [0.5, 0.6) is 0 Å². The van der Waals surface area contributed by atoms with E-state index in [0.717, 1.165) is 23.3 Å². The number of aromatic nitrogens is 2. The first-order valence-electron chi connectivity index (χ1n) is 7.69. The number of alkyl halides is 3. The van der Waals surface area contributed by atoms with E-state index in [-0.39, 0.29) is 24.3 Å². The lowest BCUT2D eigenvalue weighted by atomic mass is 10.0. The van der Waals surface area contributed by atoms with E-state index in [1.54, 1.807) is 6.07 Å². The van der Waals surface area contributed by atoms with Crippen molar-refractivity contribution in [2.75, 3.05) is 19.6 Å². The van der Waals surface area contributed by atoms with Gasteiger partial charge in [-0.2, -0.15) is 18.3 Å². The standard InChI is InChI=1S/C16H18F4N4.ClH/c17-14-3-1-2-13(6-14)15-8-21-4-5-23(15)9-12-7-22-24(10-12)11-16(18,19)20;/h1-3,6-7,10,15,21H,4-5,8-9,11H2;1H. The molecule has 1 atom stereocenters. The molecular formula is C16H19ClF4N4. The Morgan fingerprint density at radius 3 is 2.80 bits per heavy atom. The maximum Gasteiger partial charge on any atom is 0.408 e. The van der Waals surface area contributed by atoms with Crippen LogP contribution < -0.4 is 5.32 Å². The van der Waals surface area contributed by atoms with Gasteiger partial charge in [-0.05, 0) is 17.7 Å². The fourth-order valence-electron chi connectivity index (χ4n) is 2.97. The Bertz CT molecular complexity index is 689. The maximum atomic E-state index is 13.5. The van der Waals surface area contributed by atoms with Gasteiger partial charge in [0.1, 0.15) is 12.4 Å². The Morgan fingerprint density at radius 1 is 1.28 bits per heavy atom. The Balaban J connectivity index is 0.00000225. The SMILES string of the molecule is Cl.Fc1cccc(C2CNCCN2Cc2cnn(CC(F)(F)F)c2)c1. The summed E-state index contributed by atoms with van der Waals surface area (Å²) in [5.74, 6) is -0.295. The summed E-state index contributed by atoms with van der Waals surface area (Å²) < 4.78 is 51.6. The average Bonchev–Trinajstić information content (AvgIpc) is 2.93. The molecule has 4 nitrogen and oxygen atoms in total. The second-order valence-electron chi connectivity index (χ2n) is 5.91. The summed E-state index contributed by atoms with van der Waals surface area (Å²) in [6.07, 6.45) is -1.42.